The summed E-state index contributed by atoms with van der Waals surface area (Å²) in [6.07, 6.45) is 3.10. The third-order valence-corrected chi connectivity index (χ3v) is 5.21. The Balaban J connectivity index is 1.30. The van der Waals surface area contributed by atoms with Gasteiger partial charge in [-0.2, -0.15) is 0 Å². The summed E-state index contributed by atoms with van der Waals surface area (Å²) in [5, 5.41) is 0. The number of nitrogens with zero attached hydrogens (tertiary/aromatic N) is 3. The maximum atomic E-state index is 13.0. The Hall–Kier alpha value is -1.86. The molecule has 0 spiro atoms. The molecular formula is C20H31FN4O2. The fraction of sp³-hybridized carbons (Fsp3) is 0.650. The average molecular weight is 378 g/mol. The fourth-order valence-corrected chi connectivity index (χ4v) is 3.47. The first kappa shape index (κ1) is 19.9. The number of nitrogens with two attached hydrogens (primary N) is 1. The van der Waals surface area contributed by atoms with Crippen molar-refractivity contribution in [3.8, 4) is 0 Å². The first-order valence-electron chi connectivity index (χ1n) is 9.93. The van der Waals surface area contributed by atoms with Crippen molar-refractivity contribution in [1.82, 2.24) is 4.90 Å². The van der Waals surface area contributed by atoms with Gasteiger partial charge in [0.15, 0.2) is 5.96 Å². The van der Waals surface area contributed by atoms with Crippen LogP contribution in [0.4, 0.5) is 10.1 Å². The monoisotopic (exact) mass is 378 g/mol. The van der Waals surface area contributed by atoms with Crippen LogP contribution in [0, 0.1) is 11.7 Å². The molecule has 0 bridgehead atoms. The van der Waals surface area contributed by atoms with Crippen molar-refractivity contribution in [1.29, 1.82) is 0 Å². The lowest BCUT2D eigenvalue weighted by Gasteiger charge is -2.36. The molecule has 2 N–H and O–H groups in total. The predicted octanol–water partition coefficient (Wildman–Crippen LogP) is 2.10. The minimum absolute atomic E-state index is 0.203. The molecule has 0 unspecified atom stereocenters. The normalized spacial score (nSPS) is 19.5. The van der Waals surface area contributed by atoms with E-state index in [2.05, 4.69) is 14.8 Å². The highest BCUT2D eigenvalue weighted by atomic mass is 19.1. The molecule has 1 aromatic rings. The summed E-state index contributed by atoms with van der Waals surface area (Å²) < 4.78 is 24.2. The van der Waals surface area contributed by atoms with Gasteiger partial charge in [-0.3, -0.25) is 4.99 Å². The van der Waals surface area contributed by atoms with Crippen molar-refractivity contribution in [2.75, 3.05) is 64.1 Å². The van der Waals surface area contributed by atoms with Gasteiger partial charge < -0.3 is 25.0 Å². The highest BCUT2D eigenvalue weighted by Gasteiger charge is 2.18. The Labute approximate surface area is 161 Å². The van der Waals surface area contributed by atoms with Gasteiger partial charge in [0, 0.05) is 64.8 Å². The lowest BCUT2D eigenvalue weighted by atomic mass is 10.0. The molecule has 1 aromatic carbocycles. The quantitative estimate of drug-likeness (QED) is 0.447. The SMILES string of the molecule is NC(=NCCCOCC1CCOCC1)N1CCN(c2ccc(F)cc2)CC1. The summed E-state index contributed by atoms with van der Waals surface area (Å²) in [6.45, 7) is 7.34. The number of anilines is 1. The van der Waals surface area contributed by atoms with Crippen molar-refractivity contribution < 1.29 is 13.9 Å². The van der Waals surface area contributed by atoms with Gasteiger partial charge >= 0.3 is 0 Å². The van der Waals surface area contributed by atoms with E-state index in [1.807, 2.05) is 12.1 Å². The van der Waals surface area contributed by atoms with Crippen molar-refractivity contribution in [2.45, 2.75) is 19.3 Å². The molecule has 2 saturated heterocycles. The number of guanidine groups is 1. The molecule has 2 aliphatic rings. The Kier molecular flexibility index (Phi) is 7.71. The summed E-state index contributed by atoms with van der Waals surface area (Å²) in [7, 11) is 0. The second kappa shape index (κ2) is 10.5. The van der Waals surface area contributed by atoms with Crippen LogP contribution in [0.1, 0.15) is 19.3 Å². The molecular weight excluding hydrogens is 347 g/mol. The third kappa shape index (κ3) is 6.36. The Morgan fingerprint density at radius 1 is 1.15 bits per heavy atom. The molecule has 0 radical (unpaired) electrons. The zero-order chi connectivity index (χ0) is 18.9. The topological polar surface area (TPSA) is 63.3 Å². The van der Waals surface area contributed by atoms with Crippen LogP contribution in [0.5, 0.6) is 0 Å². The van der Waals surface area contributed by atoms with Crippen LogP contribution in [0.15, 0.2) is 29.3 Å². The Morgan fingerprint density at radius 3 is 2.56 bits per heavy atom. The van der Waals surface area contributed by atoms with Gasteiger partial charge in [0.2, 0.25) is 0 Å². The second-order valence-corrected chi connectivity index (χ2v) is 7.17. The van der Waals surface area contributed by atoms with Crippen LogP contribution in [0.2, 0.25) is 0 Å². The highest BCUT2D eigenvalue weighted by molar-refractivity contribution is 5.78. The van der Waals surface area contributed by atoms with Gasteiger partial charge in [-0.05, 0) is 49.4 Å². The summed E-state index contributed by atoms with van der Waals surface area (Å²) >= 11 is 0. The summed E-state index contributed by atoms with van der Waals surface area (Å²) in [5.41, 5.74) is 7.19. The summed E-state index contributed by atoms with van der Waals surface area (Å²) in [6, 6.07) is 6.65. The molecule has 6 nitrogen and oxygen atoms in total. The predicted molar refractivity (Wildman–Crippen MR) is 106 cm³/mol. The van der Waals surface area contributed by atoms with Gasteiger partial charge in [0.25, 0.3) is 0 Å². The van der Waals surface area contributed by atoms with E-state index in [0.717, 1.165) is 77.6 Å². The van der Waals surface area contributed by atoms with Crippen molar-refractivity contribution in [3.05, 3.63) is 30.1 Å². The molecule has 2 fully saturated rings. The largest absolute Gasteiger partial charge is 0.381 e. The van der Waals surface area contributed by atoms with Crippen LogP contribution in [0.25, 0.3) is 0 Å². The van der Waals surface area contributed by atoms with E-state index in [4.69, 9.17) is 15.2 Å². The van der Waals surface area contributed by atoms with Gasteiger partial charge in [-0.25, -0.2) is 4.39 Å². The first-order chi connectivity index (χ1) is 13.2. The van der Waals surface area contributed by atoms with Crippen LogP contribution >= 0.6 is 0 Å². The molecule has 0 amide bonds. The molecule has 2 heterocycles. The number of rotatable bonds is 7. The van der Waals surface area contributed by atoms with E-state index in [1.54, 1.807) is 0 Å². The molecule has 27 heavy (non-hydrogen) atoms. The zero-order valence-electron chi connectivity index (χ0n) is 16.0. The molecule has 2 aliphatic heterocycles. The minimum Gasteiger partial charge on any atom is -0.381 e. The molecule has 7 heteroatoms. The maximum absolute atomic E-state index is 13.0. The number of hydrogen-bond acceptors (Lipinski definition) is 4. The molecule has 3 rings (SSSR count). The summed E-state index contributed by atoms with van der Waals surface area (Å²) in [4.78, 5) is 8.85. The lowest BCUT2D eigenvalue weighted by molar-refractivity contribution is 0.0205. The van der Waals surface area contributed by atoms with Crippen molar-refractivity contribution >= 4 is 11.6 Å². The van der Waals surface area contributed by atoms with Crippen LogP contribution in [-0.4, -0.2) is 70.0 Å². The molecule has 150 valence electrons. The zero-order valence-corrected chi connectivity index (χ0v) is 16.0. The average Bonchev–Trinajstić information content (AvgIpc) is 2.72. The van der Waals surface area contributed by atoms with E-state index < -0.39 is 0 Å². The standard InChI is InChI=1S/C20H31FN4O2/c21-18-2-4-19(5-3-18)24-9-11-25(12-10-24)20(22)23-8-1-13-27-16-17-6-14-26-15-7-17/h2-5,17H,1,6-16H2,(H2,22,23). The number of hydrogen-bond donors (Lipinski definition) is 1. The van der Waals surface area contributed by atoms with E-state index >= 15 is 0 Å². The molecule has 0 saturated carbocycles. The number of benzene rings is 1. The minimum atomic E-state index is -0.203. The molecule has 0 aliphatic carbocycles. The number of aliphatic imine (C=N–C) groups is 1. The lowest BCUT2D eigenvalue weighted by Crippen LogP contribution is -2.51. The van der Waals surface area contributed by atoms with E-state index in [-0.39, 0.29) is 5.82 Å². The second-order valence-electron chi connectivity index (χ2n) is 7.17. The Morgan fingerprint density at radius 2 is 1.85 bits per heavy atom. The maximum Gasteiger partial charge on any atom is 0.191 e. The van der Waals surface area contributed by atoms with E-state index in [0.29, 0.717) is 18.4 Å². The van der Waals surface area contributed by atoms with Gasteiger partial charge in [0.05, 0.1) is 0 Å². The van der Waals surface area contributed by atoms with Crippen LogP contribution < -0.4 is 10.6 Å². The van der Waals surface area contributed by atoms with Gasteiger partial charge in [-0.15, -0.1) is 0 Å². The molecule has 0 aromatic heterocycles. The molecule has 0 atom stereocenters. The number of ether oxygens (including phenoxy) is 2. The summed E-state index contributed by atoms with van der Waals surface area (Å²) in [5.74, 6) is 1.05. The van der Waals surface area contributed by atoms with Crippen LogP contribution in [-0.2, 0) is 9.47 Å². The van der Waals surface area contributed by atoms with Crippen molar-refractivity contribution in [2.24, 2.45) is 16.6 Å². The van der Waals surface area contributed by atoms with Gasteiger partial charge in [-0.1, -0.05) is 0 Å². The van der Waals surface area contributed by atoms with E-state index in [1.165, 1.54) is 12.1 Å². The van der Waals surface area contributed by atoms with Gasteiger partial charge in [0.1, 0.15) is 5.82 Å². The Bertz CT molecular complexity index is 582. The van der Waals surface area contributed by atoms with E-state index in [9.17, 15) is 4.39 Å². The van der Waals surface area contributed by atoms with Crippen molar-refractivity contribution in [3.63, 3.8) is 0 Å². The highest BCUT2D eigenvalue weighted by Crippen LogP contribution is 2.17. The number of halogens is 1. The third-order valence-electron chi connectivity index (χ3n) is 5.21. The first-order valence-corrected chi connectivity index (χ1v) is 9.93. The number of piperazine rings is 1. The smallest absolute Gasteiger partial charge is 0.191 e. The van der Waals surface area contributed by atoms with Crippen LogP contribution in [0.3, 0.4) is 0 Å². The fourth-order valence-electron chi connectivity index (χ4n) is 3.47.